The normalized spacial score (nSPS) is 33.0. The summed E-state index contributed by atoms with van der Waals surface area (Å²) in [6.07, 6.45) is 4.29. The molecule has 2 aliphatic rings. The highest BCUT2D eigenvalue weighted by atomic mass is 16.5. The fourth-order valence-electron chi connectivity index (χ4n) is 2.06. The molecule has 0 saturated heterocycles. The number of allylic oxidation sites excluding steroid dienone is 2. The van der Waals surface area contributed by atoms with Gasteiger partial charge in [0.1, 0.15) is 5.76 Å². The predicted molar refractivity (Wildman–Crippen MR) is 41.1 cm³/mol. The van der Waals surface area contributed by atoms with Crippen LogP contribution >= 0.6 is 0 Å². The second-order valence-corrected chi connectivity index (χ2v) is 3.37. The summed E-state index contributed by atoms with van der Waals surface area (Å²) in [6, 6.07) is 0. The van der Waals surface area contributed by atoms with Gasteiger partial charge >= 0.3 is 0 Å². The van der Waals surface area contributed by atoms with Crippen LogP contribution in [-0.2, 0) is 14.3 Å². The maximum atomic E-state index is 11.3. The molecule has 0 heterocycles. The Hall–Kier alpha value is -1.12. The van der Waals surface area contributed by atoms with Crippen molar-refractivity contribution in [3.63, 3.8) is 0 Å². The summed E-state index contributed by atoms with van der Waals surface area (Å²) in [6.45, 7) is 0.401. The number of fused-ring (bicyclic) bond motifs is 2. The summed E-state index contributed by atoms with van der Waals surface area (Å²) < 4.78 is 4.74. The van der Waals surface area contributed by atoms with Gasteiger partial charge in [0.05, 0.1) is 0 Å². The van der Waals surface area contributed by atoms with E-state index in [1.54, 1.807) is 0 Å². The number of ether oxygens (including phenoxy) is 1. The zero-order chi connectivity index (χ0) is 8.55. The van der Waals surface area contributed by atoms with Crippen LogP contribution in [0.25, 0.3) is 0 Å². The molecule has 2 unspecified atom stereocenters. The summed E-state index contributed by atoms with van der Waals surface area (Å²) >= 11 is 0. The third-order valence-corrected chi connectivity index (χ3v) is 2.71. The van der Waals surface area contributed by atoms with Gasteiger partial charge in [0.25, 0.3) is 6.47 Å². The molecule has 2 aliphatic carbocycles. The highest BCUT2D eigenvalue weighted by molar-refractivity contribution is 5.93. The summed E-state index contributed by atoms with van der Waals surface area (Å²) in [5, 5.41) is 0. The molecular weight excluding hydrogens is 156 g/mol. The van der Waals surface area contributed by atoms with Gasteiger partial charge in [-0.1, -0.05) is 0 Å². The van der Waals surface area contributed by atoms with Crippen LogP contribution in [0.1, 0.15) is 19.3 Å². The van der Waals surface area contributed by atoms with Gasteiger partial charge in [-0.2, -0.15) is 0 Å². The van der Waals surface area contributed by atoms with Crippen LogP contribution in [-0.4, -0.2) is 12.3 Å². The monoisotopic (exact) mass is 166 g/mol. The number of carbonyl (C=O) groups is 2. The zero-order valence-corrected chi connectivity index (χ0v) is 6.66. The Morgan fingerprint density at radius 3 is 2.92 bits per heavy atom. The average Bonchev–Trinajstić information content (AvgIpc) is 2.46. The molecule has 0 N–H and O–H groups in total. The Bertz CT molecular complexity index is 254. The van der Waals surface area contributed by atoms with E-state index in [0.717, 1.165) is 19.3 Å². The van der Waals surface area contributed by atoms with Gasteiger partial charge in [-0.25, -0.2) is 0 Å². The molecule has 1 saturated carbocycles. The van der Waals surface area contributed by atoms with E-state index in [-0.39, 0.29) is 11.7 Å². The smallest absolute Gasteiger partial charge is 0.298 e. The van der Waals surface area contributed by atoms with Crippen molar-refractivity contribution >= 4 is 12.3 Å². The van der Waals surface area contributed by atoms with Gasteiger partial charge in [0.2, 0.25) is 0 Å². The largest absolute Gasteiger partial charge is 0.433 e. The molecule has 1 fully saturated rings. The van der Waals surface area contributed by atoms with Crippen LogP contribution < -0.4 is 0 Å². The third-order valence-electron chi connectivity index (χ3n) is 2.71. The molecule has 3 nitrogen and oxygen atoms in total. The van der Waals surface area contributed by atoms with Crippen molar-refractivity contribution in [2.75, 3.05) is 0 Å². The van der Waals surface area contributed by atoms with Crippen LogP contribution in [0.3, 0.4) is 0 Å². The second-order valence-electron chi connectivity index (χ2n) is 3.37. The third kappa shape index (κ3) is 1.05. The summed E-state index contributed by atoms with van der Waals surface area (Å²) in [4.78, 5) is 21.3. The fraction of sp³-hybridized carbons (Fsp3) is 0.556. The van der Waals surface area contributed by atoms with Crippen LogP contribution in [0, 0.1) is 11.8 Å². The van der Waals surface area contributed by atoms with E-state index in [4.69, 9.17) is 4.74 Å². The minimum Gasteiger partial charge on any atom is -0.433 e. The van der Waals surface area contributed by atoms with E-state index in [2.05, 4.69) is 0 Å². The minimum atomic E-state index is 0.126. The molecule has 0 aromatic carbocycles. The molecule has 2 rings (SSSR count). The molecule has 0 radical (unpaired) electrons. The second kappa shape index (κ2) is 2.73. The fourth-order valence-corrected chi connectivity index (χ4v) is 2.06. The Balaban J connectivity index is 2.22. The molecule has 64 valence electrons. The van der Waals surface area contributed by atoms with Crippen molar-refractivity contribution < 1.29 is 14.3 Å². The topological polar surface area (TPSA) is 43.4 Å². The van der Waals surface area contributed by atoms with Crippen LogP contribution in [0.15, 0.2) is 11.8 Å². The molecule has 0 aromatic heterocycles. The first-order valence-electron chi connectivity index (χ1n) is 4.17. The van der Waals surface area contributed by atoms with E-state index in [9.17, 15) is 9.59 Å². The highest BCUT2D eigenvalue weighted by Gasteiger charge is 2.36. The number of ketones is 1. The van der Waals surface area contributed by atoms with Gasteiger partial charge < -0.3 is 4.74 Å². The van der Waals surface area contributed by atoms with Crippen molar-refractivity contribution in [1.29, 1.82) is 0 Å². The van der Waals surface area contributed by atoms with Crippen molar-refractivity contribution in [2.45, 2.75) is 19.3 Å². The van der Waals surface area contributed by atoms with E-state index >= 15 is 0 Å². The summed E-state index contributed by atoms with van der Waals surface area (Å²) in [7, 11) is 0. The molecule has 0 spiro atoms. The van der Waals surface area contributed by atoms with Gasteiger partial charge in [-0.15, -0.1) is 0 Å². The number of rotatable bonds is 2. The number of hydrogen-bond acceptors (Lipinski definition) is 3. The number of hydrogen-bond donors (Lipinski definition) is 0. The van der Waals surface area contributed by atoms with Crippen molar-refractivity contribution in [2.24, 2.45) is 11.8 Å². The van der Waals surface area contributed by atoms with Crippen molar-refractivity contribution in [3.8, 4) is 0 Å². The minimum absolute atomic E-state index is 0.126. The molecule has 0 amide bonds. The quantitative estimate of drug-likeness (QED) is 0.576. The van der Waals surface area contributed by atoms with Crippen molar-refractivity contribution in [3.05, 3.63) is 11.8 Å². The maximum absolute atomic E-state index is 11.3. The van der Waals surface area contributed by atoms with Gasteiger partial charge in [0, 0.05) is 17.9 Å². The molecule has 0 aliphatic heterocycles. The lowest BCUT2D eigenvalue weighted by molar-refractivity contribution is -0.126. The first-order valence-corrected chi connectivity index (χ1v) is 4.17. The standard InChI is InChI=1S/C9H10O3/c10-5-12-9-4-8(11)6-1-2-7(9)3-6/h4-7H,1-3H2. The van der Waals surface area contributed by atoms with E-state index in [1.807, 2.05) is 0 Å². The Morgan fingerprint density at radius 2 is 2.17 bits per heavy atom. The first kappa shape index (κ1) is 7.53. The van der Waals surface area contributed by atoms with E-state index in [0.29, 0.717) is 18.1 Å². The van der Waals surface area contributed by atoms with Crippen LogP contribution in [0.5, 0.6) is 0 Å². The molecule has 12 heavy (non-hydrogen) atoms. The molecule has 2 bridgehead atoms. The van der Waals surface area contributed by atoms with Crippen molar-refractivity contribution in [1.82, 2.24) is 0 Å². The van der Waals surface area contributed by atoms with Gasteiger partial charge in [-0.3, -0.25) is 9.59 Å². The highest BCUT2D eigenvalue weighted by Crippen LogP contribution is 2.40. The lowest BCUT2D eigenvalue weighted by Crippen LogP contribution is -2.16. The van der Waals surface area contributed by atoms with Gasteiger partial charge in [-0.05, 0) is 19.3 Å². The predicted octanol–water partition coefficient (Wildman–Crippen LogP) is 1.04. The molecule has 0 aromatic rings. The lowest BCUT2D eigenvalue weighted by atomic mass is 9.93. The Labute approximate surface area is 70.4 Å². The SMILES string of the molecule is O=COC1=CC(=O)C2CCC1C2. The van der Waals surface area contributed by atoms with Crippen LogP contribution in [0.2, 0.25) is 0 Å². The Kier molecular flexibility index (Phi) is 1.71. The van der Waals surface area contributed by atoms with E-state index in [1.165, 1.54) is 6.08 Å². The number of carbonyl (C=O) groups excluding carboxylic acids is 2. The molecular formula is C9H10O3. The zero-order valence-electron chi connectivity index (χ0n) is 6.66. The summed E-state index contributed by atoms with van der Waals surface area (Å²) in [5.74, 6) is 1.22. The first-order chi connectivity index (χ1) is 5.81. The van der Waals surface area contributed by atoms with Gasteiger partial charge in [0.15, 0.2) is 5.78 Å². The summed E-state index contributed by atoms with van der Waals surface area (Å²) in [5.41, 5.74) is 0. The van der Waals surface area contributed by atoms with Crippen LogP contribution in [0.4, 0.5) is 0 Å². The van der Waals surface area contributed by atoms with E-state index < -0.39 is 0 Å². The lowest BCUT2D eigenvalue weighted by Gasteiger charge is -2.16. The molecule has 2 atom stereocenters. The Morgan fingerprint density at radius 1 is 1.42 bits per heavy atom. The molecule has 3 heteroatoms. The average molecular weight is 166 g/mol. The maximum Gasteiger partial charge on any atom is 0.298 e.